The van der Waals surface area contributed by atoms with Gasteiger partial charge < -0.3 is 15.9 Å². The van der Waals surface area contributed by atoms with Crippen LogP contribution in [-0.4, -0.2) is 23.4 Å². The minimum absolute atomic E-state index is 0.128. The highest BCUT2D eigenvalue weighted by Gasteiger charge is 2.17. The molecule has 1 aromatic carbocycles. The van der Waals surface area contributed by atoms with E-state index in [2.05, 4.69) is 0 Å². The zero-order valence-electron chi connectivity index (χ0n) is 10.7. The van der Waals surface area contributed by atoms with Gasteiger partial charge in [-0.2, -0.15) is 0 Å². The predicted octanol–water partition coefficient (Wildman–Crippen LogP) is 1.63. The van der Waals surface area contributed by atoms with Crippen molar-refractivity contribution in [2.45, 2.75) is 32.8 Å². The van der Waals surface area contributed by atoms with E-state index in [1.165, 1.54) is 0 Å². The normalized spacial score (nSPS) is 13.7. The molecule has 17 heavy (non-hydrogen) atoms. The summed E-state index contributed by atoms with van der Waals surface area (Å²) in [6.07, 6.45) is 0.886. The maximum absolute atomic E-state index is 9.87. The van der Waals surface area contributed by atoms with Crippen LogP contribution in [0.3, 0.4) is 0 Å². The van der Waals surface area contributed by atoms with Crippen molar-refractivity contribution >= 4 is 0 Å². The van der Waals surface area contributed by atoms with Gasteiger partial charge in [0.25, 0.3) is 0 Å². The van der Waals surface area contributed by atoms with Crippen molar-refractivity contribution in [3.8, 4) is 0 Å². The smallest absolute Gasteiger partial charge is 0.0802 e. The Kier molecular flexibility index (Phi) is 5.12. The number of nitrogens with two attached hydrogens (primary N) is 1. The third kappa shape index (κ3) is 4.46. The summed E-state index contributed by atoms with van der Waals surface area (Å²) in [7, 11) is 0. The molecule has 3 heteroatoms. The van der Waals surface area contributed by atoms with Crippen molar-refractivity contribution < 1.29 is 10.2 Å². The number of aliphatic hydroxyl groups excluding tert-OH is 2. The standard InChI is InChI=1S/C14H23NO2/c1-14(2,10-16)9-11-4-3-5-12(8-11)13(17)6-7-15/h3-5,8,13,16-17H,6-7,9-10,15H2,1-2H3. The molecule has 4 N–H and O–H groups in total. The molecule has 96 valence electrons. The van der Waals surface area contributed by atoms with E-state index < -0.39 is 6.10 Å². The quantitative estimate of drug-likeness (QED) is 0.704. The Morgan fingerprint density at radius 2 is 2.06 bits per heavy atom. The Bertz CT molecular complexity index is 350. The van der Waals surface area contributed by atoms with Crippen LogP contribution in [0.5, 0.6) is 0 Å². The van der Waals surface area contributed by atoms with Crippen molar-refractivity contribution in [1.82, 2.24) is 0 Å². The molecule has 1 unspecified atom stereocenters. The van der Waals surface area contributed by atoms with E-state index in [0.717, 1.165) is 17.5 Å². The van der Waals surface area contributed by atoms with Gasteiger partial charge in [-0.05, 0) is 35.9 Å². The van der Waals surface area contributed by atoms with Gasteiger partial charge in [0, 0.05) is 6.61 Å². The van der Waals surface area contributed by atoms with E-state index in [9.17, 15) is 10.2 Å². The molecular formula is C14H23NO2. The Morgan fingerprint density at radius 1 is 1.35 bits per heavy atom. The fourth-order valence-electron chi connectivity index (χ4n) is 1.84. The minimum Gasteiger partial charge on any atom is -0.396 e. The zero-order chi connectivity index (χ0) is 12.9. The Hall–Kier alpha value is -0.900. The van der Waals surface area contributed by atoms with Crippen LogP contribution in [0.15, 0.2) is 24.3 Å². The summed E-state index contributed by atoms with van der Waals surface area (Å²) in [6.45, 7) is 4.68. The van der Waals surface area contributed by atoms with Gasteiger partial charge in [-0.1, -0.05) is 38.1 Å². The molecule has 0 aliphatic rings. The Labute approximate surface area is 103 Å². The van der Waals surface area contributed by atoms with E-state index in [1.807, 2.05) is 38.1 Å². The number of hydrogen-bond acceptors (Lipinski definition) is 3. The molecule has 0 spiro atoms. The molecule has 0 aromatic heterocycles. The Balaban J connectivity index is 2.79. The number of benzene rings is 1. The summed E-state index contributed by atoms with van der Waals surface area (Å²) >= 11 is 0. The summed E-state index contributed by atoms with van der Waals surface area (Å²) in [4.78, 5) is 0. The second kappa shape index (κ2) is 6.15. The molecule has 3 nitrogen and oxygen atoms in total. The zero-order valence-corrected chi connectivity index (χ0v) is 10.7. The minimum atomic E-state index is -0.489. The van der Waals surface area contributed by atoms with Crippen molar-refractivity contribution in [1.29, 1.82) is 0 Å². The molecule has 0 saturated carbocycles. The second-order valence-corrected chi connectivity index (χ2v) is 5.34. The van der Waals surface area contributed by atoms with Gasteiger partial charge in [0.15, 0.2) is 0 Å². The van der Waals surface area contributed by atoms with Crippen molar-refractivity contribution in [3.05, 3.63) is 35.4 Å². The number of aliphatic hydroxyl groups is 2. The van der Waals surface area contributed by atoms with Crippen LogP contribution in [0.4, 0.5) is 0 Å². The molecule has 0 fully saturated rings. The highest BCUT2D eigenvalue weighted by atomic mass is 16.3. The largest absolute Gasteiger partial charge is 0.396 e. The molecule has 0 saturated heterocycles. The van der Waals surface area contributed by atoms with Crippen LogP contribution in [0.25, 0.3) is 0 Å². The molecule has 0 bridgehead atoms. The van der Waals surface area contributed by atoms with Gasteiger partial charge in [-0.25, -0.2) is 0 Å². The van der Waals surface area contributed by atoms with E-state index in [0.29, 0.717) is 13.0 Å². The van der Waals surface area contributed by atoms with Gasteiger partial charge in [-0.15, -0.1) is 0 Å². The topological polar surface area (TPSA) is 66.5 Å². The lowest BCUT2D eigenvalue weighted by Gasteiger charge is -2.22. The van der Waals surface area contributed by atoms with Crippen molar-refractivity contribution in [3.63, 3.8) is 0 Å². The van der Waals surface area contributed by atoms with Gasteiger partial charge in [-0.3, -0.25) is 0 Å². The van der Waals surface area contributed by atoms with Crippen molar-refractivity contribution in [2.75, 3.05) is 13.2 Å². The van der Waals surface area contributed by atoms with Crippen LogP contribution in [-0.2, 0) is 6.42 Å². The first kappa shape index (κ1) is 14.2. The van der Waals surface area contributed by atoms with E-state index in [-0.39, 0.29) is 12.0 Å². The fourth-order valence-corrected chi connectivity index (χ4v) is 1.84. The lowest BCUT2D eigenvalue weighted by Crippen LogP contribution is -2.19. The molecule has 1 aromatic rings. The molecule has 0 aliphatic carbocycles. The van der Waals surface area contributed by atoms with Crippen LogP contribution >= 0.6 is 0 Å². The molecule has 0 radical (unpaired) electrons. The highest BCUT2D eigenvalue weighted by Crippen LogP contribution is 2.24. The summed E-state index contributed by atoms with van der Waals surface area (Å²) in [5.41, 5.74) is 7.35. The molecule has 1 atom stereocenters. The summed E-state index contributed by atoms with van der Waals surface area (Å²) in [5, 5.41) is 19.1. The maximum Gasteiger partial charge on any atom is 0.0802 e. The van der Waals surface area contributed by atoms with Gasteiger partial charge in [0.2, 0.25) is 0 Å². The highest BCUT2D eigenvalue weighted by molar-refractivity contribution is 5.26. The second-order valence-electron chi connectivity index (χ2n) is 5.34. The van der Waals surface area contributed by atoms with Crippen LogP contribution in [0.1, 0.15) is 37.5 Å². The summed E-state index contributed by atoms with van der Waals surface area (Å²) in [6, 6.07) is 7.88. The SMILES string of the molecule is CC(C)(CO)Cc1cccc(C(O)CCN)c1. The molecule has 0 aliphatic heterocycles. The summed E-state index contributed by atoms with van der Waals surface area (Å²) < 4.78 is 0. The van der Waals surface area contributed by atoms with Crippen LogP contribution < -0.4 is 5.73 Å². The average molecular weight is 237 g/mol. The molecule has 0 amide bonds. The van der Waals surface area contributed by atoms with E-state index in [1.54, 1.807) is 0 Å². The molecule has 1 rings (SSSR count). The fraction of sp³-hybridized carbons (Fsp3) is 0.571. The first-order chi connectivity index (χ1) is 7.98. The van der Waals surface area contributed by atoms with Gasteiger partial charge in [0.05, 0.1) is 6.10 Å². The van der Waals surface area contributed by atoms with Crippen LogP contribution in [0.2, 0.25) is 0 Å². The number of rotatable bonds is 6. The Morgan fingerprint density at radius 3 is 2.65 bits per heavy atom. The van der Waals surface area contributed by atoms with Crippen molar-refractivity contribution in [2.24, 2.45) is 11.1 Å². The number of hydrogen-bond donors (Lipinski definition) is 3. The first-order valence-electron chi connectivity index (χ1n) is 6.06. The van der Waals surface area contributed by atoms with E-state index in [4.69, 9.17) is 5.73 Å². The first-order valence-corrected chi connectivity index (χ1v) is 6.06. The van der Waals surface area contributed by atoms with Gasteiger partial charge in [0.1, 0.15) is 0 Å². The average Bonchev–Trinajstić information content (AvgIpc) is 2.29. The monoisotopic (exact) mass is 237 g/mol. The third-order valence-electron chi connectivity index (χ3n) is 2.89. The van der Waals surface area contributed by atoms with E-state index >= 15 is 0 Å². The third-order valence-corrected chi connectivity index (χ3v) is 2.89. The maximum atomic E-state index is 9.87. The van der Waals surface area contributed by atoms with Gasteiger partial charge >= 0.3 is 0 Å². The lowest BCUT2D eigenvalue weighted by atomic mass is 9.86. The van der Waals surface area contributed by atoms with Crippen LogP contribution in [0, 0.1) is 5.41 Å². The molecule has 0 heterocycles. The predicted molar refractivity (Wildman–Crippen MR) is 69.6 cm³/mol. The lowest BCUT2D eigenvalue weighted by molar-refractivity contribution is 0.159. The molecular weight excluding hydrogens is 214 g/mol. The summed E-state index contributed by atoms with van der Waals surface area (Å²) in [5.74, 6) is 0.